The number of thioether (sulfide) groups is 1. The summed E-state index contributed by atoms with van der Waals surface area (Å²) in [6.45, 7) is -0.0968. The SMILES string of the molecule is O=C(O)c1ccc(CN2C(=O)C(=Cc3cccc(-c4cc(C(F)(F)F)nc(C(F)(F)F)c4)n3)SC2=S)cc1O. The molecule has 0 spiro atoms. The van der Waals surface area contributed by atoms with Gasteiger partial charge in [-0.15, -0.1) is 0 Å². The van der Waals surface area contributed by atoms with Crippen molar-refractivity contribution in [3.63, 3.8) is 0 Å². The standard InChI is InChI=1S/C24H13F6N3O4S2/c25-23(26,27)18-7-12(8-19(32-18)24(28,29)30)15-3-1-2-13(31-15)9-17-20(35)33(22(38)39-17)10-11-4-5-14(21(36)37)16(34)6-11/h1-9,34H,10H2,(H,36,37). The van der Waals surface area contributed by atoms with E-state index >= 15 is 0 Å². The molecule has 0 aliphatic carbocycles. The Hall–Kier alpha value is -3.98. The molecule has 1 aromatic carbocycles. The minimum atomic E-state index is -5.13. The van der Waals surface area contributed by atoms with Crippen molar-refractivity contribution in [2.24, 2.45) is 0 Å². The first-order valence-electron chi connectivity index (χ1n) is 10.6. The number of aromatic nitrogens is 2. The number of rotatable bonds is 5. The van der Waals surface area contributed by atoms with Gasteiger partial charge in [-0.05, 0) is 48.0 Å². The van der Waals surface area contributed by atoms with Crippen LogP contribution in [0.15, 0.2) is 53.4 Å². The Morgan fingerprint density at radius 2 is 1.64 bits per heavy atom. The lowest BCUT2D eigenvalue weighted by Crippen LogP contribution is -2.27. The van der Waals surface area contributed by atoms with Crippen LogP contribution in [0, 0.1) is 0 Å². The van der Waals surface area contributed by atoms with Crippen molar-refractivity contribution in [3.05, 3.63) is 81.6 Å². The van der Waals surface area contributed by atoms with Gasteiger partial charge >= 0.3 is 18.3 Å². The lowest BCUT2D eigenvalue weighted by molar-refractivity contribution is -0.150. The highest BCUT2D eigenvalue weighted by Gasteiger charge is 2.39. The van der Waals surface area contributed by atoms with E-state index in [0.717, 1.165) is 11.8 Å². The minimum absolute atomic E-state index is 0.0652. The van der Waals surface area contributed by atoms with Gasteiger partial charge in [0.1, 0.15) is 27.0 Å². The van der Waals surface area contributed by atoms with Crippen LogP contribution in [0.1, 0.15) is 33.0 Å². The van der Waals surface area contributed by atoms with Gasteiger partial charge in [-0.2, -0.15) is 26.3 Å². The fourth-order valence-corrected chi connectivity index (χ4v) is 4.71. The Balaban J connectivity index is 1.63. The fraction of sp³-hybridized carbons (Fsp3) is 0.125. The van der Waals surface area contributed by atoms with Crippen LogP contribution < -0.4 is 0 Å². The number of carbonyl (C=O) groups is 2. The van der Waals surface area contributed by atoms with Gasteiger partial charge in [0.2, 0.25) is 0 Å². The maximum absolute atomic E-state index is 13.2. The highest BCUT2D eigenvalue weighted by molar-refractivity contribution is 8.26. The average Bonchev–Trinajstić information content (AvgIpc) is 3.10. The Morgan fingerprint density at radius 3 is 2.21 bits per heavy atom. The van der Waals surface area contributed by atoms with Gasteiger partial charge in [0.25, 0.3) is 5.91 Å². The number of hydrogen-bond acceptors (Lipinski definition) is 7. The van der Waals surface area contributed by atoms with Crippen LogP contribution >= 0.6 is 24.0 Å². The predicted molar refractivity (Wildman–Crippen MR) is 131 cm³/mol. The summed E-state index contributed by atoms with van der Waals surface area (Å²) in [4.78, 5) is 32.1. The zero-order valence-corrected chi connectivity index (χ0v) is 20.7. The molecule has 2 N–H and O–H groups in total. The molecule has 1 amide bonds. The van der Waals surface area contributed by atoms with Crippen LogP contribution in [0.25, 0.3) is 17.3 Å². The van der Waals surface area contributed by atoms with E-state index < -0.39 is 46.9 Å². The van der Waals surface area contributed by atoms with Gasteiger partial charge in [-0.1, -0.05) is 36.1 Å². The molecule has 39 heavy (non-hydrogen) atoms. The third kappa shape index (κ3) is 6.20. The topological polar surface area (TPSA) is 104 Å². The number of phenols is 1. The van der Waals surface area contributed by atoms with Crippen molar-refractivity contribution in [1.29, 1.82) is 0 Å². The first-order chi connectivity index (χ1) is 18.1. The van der Waals surface area contributed by atoms with E-state index in [0.29, 0.717) is 17.7 Å². The second-order valence-corrected chi connectivity index (χ2v) is 9.67. The van der Waals surface area contributed by atoms with E-state index in [9.17, 15) is 41.0 Å². The molecule has 0 bridgehead atoms. The third-order valence-electron chi connectivity index (χ3n) is 5.26. The second kappa shape index (κ2) is 10.3. The van der Waals surface area contributed by atoms with Gasteiger partial charge in [0.15, 0.2) is 0 Å². The number of pyridine rings is 2. The van der Waals surface area contributed by atoms with Crippen LogP contribution in [0.5, 0.6) is 5.75 Å². The molecule has 0 radical (unpaired) electrons. The third-order valence-corrected chi connectivity index (χ3v) is 6.64. The molecule has 3 aromatic rings. The fourth-order valence-electron chi connectivity index (χ4n) is 3.47. The number of amides is 1. The molecule has 1 aliphatic rings. The van der Waals surface area contributed by atoms with Gasteiger partial charge in [0, 0.05) is 5.56 Å². The molecule has 1 fully saturated rings. The molecular weight excluding hydrogens is 572 g/mol. The smallest absolute Gasteiger partial charge is 0.433 e. The van der Waals surface area contributed by atoms with Crippen molar-refractivity contribution in [2.45, 2.75) is 18.9 Å². The van der Waals surface area contributed by atoms with Gasteiger partial charge in [0.05, 0.1) is 22.8 Å². The van der Waals surface area contributed by atoms with Crippen molar-refractivity contribution in [1.82, 2.24) is 14.9 Å². The maximum Gasteiger partial charge on any atom is 0.433 e. The number of carboxylic acid groups (broad SMARTS) is 1. The Morgan fingerprint density at radius 1 is 1.00 bits per heavy atom. The van der Waals surface area contributed by atoms with Crippen LogP contribution in [-0.4, -0.2) is 41.3 Å². The summed E-state index contributed by atoms with van der Waals surface area (Å²) in [5.41, 5.74) is -4.03. The Labute approximate surface area is 224 Å². The molecule has 0 unspecified atom stereocenters. The number of aromatic hydroxyl groups is 1. The number of hydrogen-bond donors (Lipinski definition) is 2. The van der Waals surface area contributed by atoms with Gasteiger partial charge < -0.3 is 10.2 Å². The second-order valence-electron chi connectivity index (χ2n) is 7.99. The largest absolute Gasteiger partial charge is 0.507 e. The number of benzene rings is 1. The number of alkyl halides is 6. The molecule has 3 heterocycles. The normalized spacial score (nSPS) is 15.3. The summed E-state index contributed by atoms with van der Waals surface area (Å²) in [7, 11) is 0. The monoisotopic (exact) mass is 585 g/mol. The summed E-state index contributed by atoms with van der Waals surface area (Å²) >= 11 is 6.13. The summed E-state index contributed by atoms with van der Waals surface area (Å²) < 4.78 is 79.3. The van der Waals surface area contributed by atoms with E-state index in [4.69, 9.17) is 17.3 Å². The van der Waals surface area contributed by atoms with E-state index in [2.05, 4.69) is 9.97 Å². The zero-order valence-electron chi connectivity index (χ0n) is 19.0. The van der Waals surface area contributed by atoms with Crippen molar-refractivity contribution >= 4 is 46.3 Å². The van der Waals surface area contributed by atoms with Gasteiger partial charge in [-0.25, -0.2) is 14.8 Å². The first-order valence-corrected chi connectivity index (χ1v) is 11.8. The number of carboxylic acids is 1. The lowest BCUT2D eigenvalue weighted by atomic mass is 10.1. The van der Waals surface area contributed by atoms with E-state index in [-0.39, 0.29) is 32.7 Å². The summed E-state index contributed by atoms with van der Waals surface area (Å²) in [5.74, 6) is -2.40. The molecule has 1 saturated heterocycles. The van der Waals surface area contributed by atoms with Crippen LogP contribution in [-0.2, 0) is 23.7 Å². The van der Waals surface area contributed by atoms with Crippen LogP contribution in [0.2, 0.25) is 0 Å². The van der Waals surface area contributed by atoms with E-state index in [1.807, 2.05) is 0 Å². The average molecular weight is 586 g/mol. The van der Waals surface area contributed by atoms with Crippen LogP contribution in [0.4, 0.5) is 26.3 Å². The molecule has 202 valence electrons. The van der Waals surface area contributed by atoms with Gasteiger partial charge in [-0.3, -0.25) is 9.69 Å². The molecule has 7 nitrogen and oxygen atoms in total. The Bertz CT molecular complexity index is 1510. The number of thiocarbonyl (C=S) groups is 1. The molecule has 4 rings (SSSR count). The molecule has 0 atom stereocenters. The highest BCUT2D eigenvalue weighted by atomic mass is 32.2. The van der Waals surface area contributed by atoms with Crippen molar-refractivity contribution < 1.29 is 46.1 Å². The molecule has 15 heteroatoms. The molecular formula is C24H13F6N3O4S2. The molecule has 2 aromatic heterocycles. The number of carbonyl (C=O) groups excluding carboxylic acids is 1. The minimum Gasteiger partial charge on any atom is -0.507 e. The number of aromatic carboxylic acids is 1. The zero-order chi connectivity index (χ0) is 28.7. The van der Waals surface area contributed by atoms with E-state index in [1.54, 1.807) is 0 Å². The summed E-state index contributed by atoms with van der Waals surface area (Å²) in [6, 6.07) is 8.61. The first kappa shape index (κ1) is 28.0. The Kier molecular flexibility index (Phi) is 7.40. The van der Waals surface area contributed by atoms with Crippen molar-refractivity contribution in [3.8, 4) is 17.0 Å². The number of nitrogens with zero attached hydrogens (tertiary/aromatic N) is 3. The van der Waals surface area contributed by atoms with E-state index in [1.165, 1.54) is 47.4 Å². The van der Waals surface area contributed by atoms with Crippen molar-refractivity contribution in [2.75, 3.05) is 0 Å². The summed E-state index contributed by atoms with van der Waals surface area (Å²) in [5, 5.41) is 18.9. The maximum atomic E-state index is 13.2. The molecule has 1 aliphatic heterocycles. The quantitative estimate of drug-likeness (QED) is 0.214. The summed E-state index contributed by atoms with van der Waals surface area (Å²) in [6.07, 6.45) is -8.98. The lowest BCUT2D eigenvalue weighted by Gasteiger charge is -2.15. The molecule has 0 saturated carbocycles. The number of halogens is 6. The van der Waals surface area contributed by atoms with Crippen LogP contribution in [0.3, 0.4) is 0 Å². The predicted octanol–water partition coefficient (Wildman–Crippen LogP) is 5.99. The highest BCUT2D eigenvalue weighted by Crippen LogP contribution is 2.37.